The monoisotopic (exact) mass is 472 g/mol. The number of nitrogens with one attached hydrogen (secondary N) is 1. The molecular formula is C27H32N6O2. The van der Waals surface area contributed by atoms with Gasteiger partial charge in [0, 0.05) is 49.3 Å². The van der Waals surface area contributed by atoms with Crippen LogP contribution in [0.5, 0.6) is 0 Å². The number of morpholine rings is 1. The number of ether oxygens (including phenoxy) is 1. The topological polar surface area (TPSA) is 73.8 Å². The van der Waals surface area contributed by atoms with Crippen molar-refractivity contribution >= 4 is 34.6 Å². The zero-order valence-corrected chi connectivity index (χ0v) is 20.7. The second-order valence-electron chi connectivity index (χ2n) is 9.31. The fraction of sp³-hybridized carbons (Fsp3) is 0.370. The molecule has 1 atom stereocenters. The zero-order chi connectivity index (χ0) is 24.5. The standard InChI is InChI=1S/C27H32N6O2/c1-18(2)33-19(3)26(34)31(4)24-10-7-21(17-25(24)33)29-27-28-12-11-23(30-27)20-5-8-22(9-6-20)32-13-15-35-16-14-32/h5-12,17-19H,13-16H2,1-4H3,(H,28,29,30)/t19-/m1/s1. The first-order valence-electron chi connectivity index (χ1n) is 12.2. The van der Waals surface area contributed by atoms with Crippen LogP contribution in [0.4, 0.5) is 28.7 Å². The molecule has 35 heavy (non-hydrogen) atoms. The minimum atomic E-state index is -0.220. The van der Waals surface area contributed by atoms with Gasteiger partial charge in [0.05, 0.1) is 30.3 Å². The Labute approximate surface area is 206 Å². The summed E-state index contributed by atoms with van der Waals surface area (Å²) in [5, 5.41) is 3.35. The molecule has 8 nitrogen and oxygen atoms in total. The SMILES string of the molecule is CC(C)N1c2cc(Nc3nccc(-c4ccc(N5CCOCC5)cc4)n3)ccc2N(C)C(=O)[C@H]1C. The number of amides is 1. The maximum absolute atomic E-state index is 12.7. The highest BCUT2D eigenvalue weighted by Gasteiger charge is 2.34. The van der Waals surface area contributed by atoms with E-state index in [0.717, 1.165) is 54.6 Å². The van der Waals surface area contributed by atoms with Gasteiger partial charge in [0.1, 0.15) is 6.04 Å². The van der Waals surface area contributed by atoms with Crippen molar-refractivity contribution in [1.29, 1.82) is 0 Å². The average Bonchev–Trinajstić information content (AvgIpc) is 2.88. The molecule has 0 saturated carbocycles. The Kier molecular flexibility index (Phi) is 6.30. The van der Waals surface area contributed by atoms with Gasteiger partial charge in [-0.1, -0.05) is 12.1 Å². The Hall–Kier alpha value is -3.65. The van der Waals surface area contributed by atoms with Crippen LogP contribution in [0.1, 0.15) is 20.8 Å². The summed E-state index contributed by atoms with van der Waals surface area (Å²) >= 11 is 0. The Morgan fingerprint density at radius 2 is 1.77 bits per heavy atom. The van der Waals surface area contributed by atoms with E-state index in [9.17, 15) is 4.79 Å². The van der Waals surface area contributed by atoms with Gasteiger partial charge >= 0.3 is 0 Å². The van der Waals surface area contributed by atoms with E-state index in [4.69, 9.17) is 9.72 Å². The lowest BCUT2D eigenvalue weighted by Crippen LogP contribution is -2.53. The van der Waals surface area contributed by atoms with Gasteiger partial charge in [0.15, 0.2) is 0 Å². The third-order valence-corrected chi connectivity index (χ3v) is 6.73. The minimum Gasteiger partial charge on any atom is -0.378 e. The summed E-state index contributed by atoms with van der Waals surface area (Å²) in [6.07, 6.45) is 1.77. The van der Waals surface area contributed by atoms with Crippen LogP contribution in [0.15, 0.2) is 54.7 Å². The number of fused-ring (bicyclic) bond motifs is 1. The maximum Gasteiger partial charge on any atom is 0.249 e. The van der Waals surface area contributed by atoms with Crippen LogP contribution in [0.25, 0.3) is 11.3 Å². The van der Waals surface area contributed by atoms with E-state index >= 15 is 0 Å². The van der Waals surface area contributed by atoms with Gasteiger partial charge in [-0.15, -0.1) is 0 Å². The Morgan fingerprint density at radius 3 is 2.49 bits per heavy atom. The van der Waals surface area contributed by atoms with E-state index in [1.54, 1.807) is 11.1 Å². The zero-order valence-electron chi connectivity index (χ0n) is 20.7. The molecule has 0 spiro atoms. The Morgan fingerprint density at radius 1 is 1.03 bits per heavy atom. The summed E-state index contributed by atoms with van der Waals surface area (Å²) in [6.45, 7) is 9.54. The highest BCUT2D eigenvalue weighted by Crippen LogP contribution is 2.39. The third kappa shape index (κ3) is 4.53. The molecule has 5 rings (SSSR count). The van der Waals surface area contributed by atoms with Crippen LogP contribution >= 0.6 is 0 Å². The van der Waals surface area contributed by atoms with Crippen molar-refractivity contribution in [2.24, 2.45) is 0 Å². The van der Waals surface area contributed by atoms with Gasteiger partial charge in [0.2, 0.25) is 11.9 Å². The van der Waals surface area contributed by atoms with E-state index in [1.807, 2.05) is 32.2 Å². The fourth-order valence-corrected chi connectivity index (χ4v) is 4.92. The third-order valence-electron chi connectivity index (χ3n) is 6.73. The normalized spacial score (nSPS) is 18.1. The molecular weight excluding hydrogens is 440 g/mol. The van der Waals surface area contributed by atoms with Crippen molar-refractivity contribution in [3.8, 4) is 11.3 Å². The number of nitrogens with zero attached hydrogens (tertiary/aromatic N) is 5. The summed E-state index contributed by atoms with van der Waals surface area (Å²) in [5.74, 6) is 0.631. The lowest BCUT2D eigenvalue weighted by Gasteiger charge is -2.42. The first kappa shape index (κ1) is 23.1. The number of carbonyl (C=O) groups is 1. The van der Waals surface area contributed by atoms with Gasteiger partial charge in [0.25, 0.3) is 0 Å². The molecule has 3 aromatic rings. The lowest BCUT2D eigenvalue weighted by molar-refractivity contribution is -0.119. The molecule has 0 unspecified atom stereocenters. The molecule has 8 heteroatoms. The molecule has 2 aliphatic heterocycles. The molecule has 2 aromatic carbocycles. The van der Waals surface area contributed by atoms with Crippen LogP contribution in [0, 0.1) is 0 Å². The van der Waals surface area contributed by atoms with E-state index in [1.165, 1.54) is 5.69 Å². The van der Waals surface area contributed by atoms with Crippen LogP contribution in [0.3, 0.4) is 0 Å². The summed E-state index contributed by atoms with van der Waals surface area (Å²) in [4.78, 5) is 28.1. The van der Waals surface area contributed by atoms with Crippen molar-refractivity contribution in [3.63, 3.8) is 0 Å². The van der Waals surface area contributed by atoms with Crippen LogP contribution in [-0.4, -0.2) is 61.3 Å². The number of benzene rings is 2. The first-order valence-corrected chi connectivity index (χ1v) is 12.2. The summed E-state index contributed by atoms with van der Waals surface area (Å²) in [6, 6.07) is 16.4. The van der Waals surface area contributed by atoms with Gasteiger partial charge in [-0.2, -0.15) is 0 Å². The van der Waals surface area contributed by atoms with Gasteiger partial charge in [-0.25, -0.2) is 9.97 Å². The minimum absolute atomic E-state index is 0.0996. The highest BCUT2D eigenvalue weighted by molar-refractivity contribution is 6.05. The van der Waals surface area contributed by atoms with Crippen molar-refractivity contribution in [2.75, 3.05) is 53.4 Å². The van der Waals surface area contributed by atoms with E-state index in [-0.39, 0.29) is 18.0 Å². The van der Waals surface area contributed by atoms with Crippen molar-refractivity contribution in [3.05, 3.63) is 54.7 Å². The number of hydrogen-bond acceptors (Lipinski definition) is 7. The molecule has 1 N–H and O–H groups in total. The molecule has 3 heterocycles. The van der Waals surface area contributed by atoms with E-state index < -0.39 is 0 Å². The average molecular weight is 473 g/mol. The van der Waals surface area contributed by atoms with Gasteiger partial charge in [-0.3, -0.25) is 4.79 Å². The number of carbonyl (C=O) groups excluding carboxylic acids is 1. The van der Waals surface area contributed by atoms with Crippen molar-refractivity contribution in [1.82, 2.24) is 9.97 Å². The van der Waals surface area contributed by atoms with E-state index in [2.05, 4.69) is 64.3 Å². The van der Waals surface area contributed by atoms with Crippen LogP contribution < -0.4 is 20.0 Å². The Bertz CT molecular complexity index is 1210. The number of aromatic nitrogens is 2. The van der Waals surface area contributed by atoms with Gasteiger partial charge < -0.3 is 24.8 Å². The highest BCUT2D eigenvalue weighted by atomic mass is 16.5. The molecule has 182 valence electrons. The largest absolute Gasteiger partial charge is 0.378 e. The molecule has 1 aromatic heterocycles. The molecule has 0 bridgehead atoms. The molecule has 0 aliphatic carbocycles. The summed E-state index contributed by atoms with van der Waals surface area (Å²) in [7, 11) is 1.83. The summed E-state index contributed by atoms with van der Waals surface area (Å²) < 4.78 is 5.45. The number of hydrogen-bond donors (Lipinski definition) is 1. The van der Waals surface area contributed by atoms with Crippen LogP contribution in [-0.2, 0) is 9.53 Å². The molecule has 1 saturated heterocycles. The second kappa shape index (κ2) is 9.54. The molecule has 2 aliphatic rings. The molecule has 1 amide bonds. The lowest BCUT2D eigenvalue weighted by atomic mass is 10.0. The first-order chi connectivity index (χ1) is 16.9. The second-order valence-corrected chi connectivity index (χ2v) is 9.31. The predicted molar refractivity (Wildman–Crippen MR) is 141 cm³/mol. The smallest absolute Gasteiger partial charge is 0.249 e. The number of anilines is 5. The molecule has 1 fully saturated rings. The van der Waals surface area contributed by atoms with Crippen molar-refractivity contribution in [2.45, 2.75) is 32.9 Å². The van der Waals surface area contributed by atoms with E-state index in [0.29, 0.717) is 5.95 Å². The fourth-order valence-electron chi connectivity index (χ4n) is 4.92. The van der Waals surface area contributed by atoms with Crippen molar-refractivity contribution < 1.29 is 9.53 Å². The quantitative estimate of drug-likeness (QED) is 0.593. The predicted octanol–water partition coefficient (Wildman–Crippen LogP) is 4.30. The van der Waals surface area contributed by atoms with Gasteiger partial charge in [-0.05, 0) is 57.2 Å². The maximum atomic E-state index is 12.7. The van der Waals surface area contributed by atoms with Crippen LogP contribution in [0.2, 0.25) is 0 Å². The summed E-state index contributed by atoms with van der Waals surface area (Å²) in [5.41, 5.74) is 5.90. The number of likely N-dealkylation sites (N-methyl/N-ethyl adjacent to an activating group) is 1. The number of rotatable bonds is 5. The molecule has 0 radical (unpaired) electrons. The Balaban J connectivity index is 1.38.